The quantitative estimate of drug-likeness (QED) is 0.0623. The van der Waals surface area contributed by atoms with Gasteiger partial charge < -0.3 is 14.2 Å². The molecule has 46 heavy (non-hydrogen) atoms. The summed E-state index contributed by atoms with van der Waals surface area (Å²) in [5.74, 6) is 2.84. The van der Waals surface area contributed by atoms with E-state index in [-0.39, 0.29) is 6.71 Å². The fourth-order valence-electron chi connectivity index (χ4n) is 6.15. The molecule has 0 radical (unpaired) electrons. The molecule has 3 nitrogen and oxygen atoms in total. The maximum absolute atomic E-state index is 6.27. The standard InChI is InChI=1S/C42H63BO3/c1-4-7-10-13-16-19-31-44-40-28-22-25-37(34-40)43(38-26-23-29-41(35-38)45-32-20-17-14-11-8-5-2)39-27-24-30-42(36-39)46-33-21-18-15-12-9-6-3/h22-30,34-36H,4-21,31-33H2,1-3H3. The van der Waals surface area contributed by atoms with Gasteiger partial charge in [0.15, 0.2) is 0 Å². The third kappa shape index (κ3) is 15.1. The van der Waals surface area contributed by atoms with Gasteiger partial charge in [-0.15, -0.1) is 0 Å². The minimum Gasteiger partial charge on any atom is -0.494 e. The van der Waals surface area contributed by atoms with Crippen molar-refractivity contribution in [3.8, 4) is 17.2 Å². The number of hydrogen-bond acceptors (Lipinski definition) is 3. The second-order valence-electron chi connectivity index (χ2n) is 13.0. The normalized spacial score (nSPS) is 11.0. The van der Waals surface area contributed by atoms with E-state index in [0.717, 1.165) is 56.3 Å². The van der Waals surface area contributed by atoms with Crippen LogP contribution in [0.3, 0.4) is 0 Å². The lowest BCUT2D eigenvalue weighted by atomic mass is 9.37. The van der Waals surface area contributed by atoms with Gasteiger partial charge in [0.25, 0.3) is 0 Å². The van der Waals surface area contributed by atoms with E-state index < -0.39 is 0 Å². The molecule has 0 unspecified atom stereocenters. The van der Waals surface area contributed by atoms with Crippen molar-refractivity contribution in [1.29, 1.82) is 0 Å². The van der Waals surface area contributed by atoms with Gasteiger partial charge in [-0.05, 0) is 55.7 Å². The molecule has 0 N–H and O–H groups in total. The van der Waals surface area contributed by atoms with Gasteiger partial charge in [0, 0.05) is 0 Å². The minimum absolute atomic E-state index is 0.0489. The van der Waals surface area contributed by atoms with E-state index in [1.807, 2.05) is 0 Å². The van der Waals surface area contributed by atoms with Crippen molar-refractivity contribution in [3.63, 3.8) is 0 Å². The van der Waals surface area contributed by atoms with E-state index in [4.69, 9.17) is 14.2 Å². The van der Waals surface area contributed by atoms with E-state index in [1.165, 1.54) is 113 Å². The molecule has 3 aromatic rings. The highest BCUT2D eigenvalue weighted by molar-refractivity contribution is 6.95. The molecule has 0 amide bonds. The maximum atomic E-state index is 6.27. The van der Waals surface area contributed by atoms with E-state index in [0.29, 0.717) is 0 Å². The number of ether oxygens (including phenoxy) is 3. The molecule has 252 valence electrons. The molecule has 0 aliphatic rings. The predicted molar refractivity (Wildman–Crippen MR) is 201 cm³/mol. The average Bonchev–Trinajstić information content (AvgIpc) is 3.08. The van der Waals surface area contributed by atoms with E-state index in [9.17, 15) is 0 Å². The Bertz CT molecular complexity index is 1030. The molecule has 0 heterocycles. The first-order valence-electron chi connectivity index (χ1n) is 18.9. The summed E-state index contributed by atoms with van der Waals surface area (Å²) in [6, 6.07) is 26.1. The van der Waals surface area contributed by atoms with E-state index in [1.54, 1.807) is 0 Å². The molecule has 4 heteroatoms. The molecule has 0 saturated carbocycles. The molecule has 0 aromatic heterocycles. The lowest BCUT2D eigenvalue weighted by molar-refractivity contribution is 0.304. The highest BCUT2D eigenvalue weighted by atomic mass is 16.5. The van der Waals surface area contributed by atoms with Crippen LogP contribution in [0.25, 0.3) is 0 Å². The molecule has 0 bridgehead atoms. The summed E-state index contributed by atoms with van der Waals surface area (Å²) in [5, 5.41) is 0. The first kappa shape index (κ1) is 37.6. The molecule has 0 aliphatic heterocycles. The second kappa shape index (κ2) is 24.3. The molecule has 0 aliphatic carbocycles. The topological polar surface area (TPSA) is 27.7 Å². The Hall–Kier alpha value is -2.88. The number of unbranched alkanes of at least 4 members (excludes halogenated alkanes) is 15. The number of hydrogen-bond donors (Lipinski definition) is 0. The SMILES string of the molecule is CCCCCCCCOc1cccc(B(c2cccc(OCCCCCCCC)c2)c2cccc(OCCCCCCCC)c2)c1. The third-order valence-electron chi connectivity index (χ3n) is 8.87. The fourth-order valence-corrected chi connectivity index (χ4v) is 6.15. The van der Waals surface area contributed by atoms with Gasteiger partial charge >= 0.3 is 0 Å². The summed E-state index contributed by atoms with van der Waals surface area (Å²) in [4.78, 5) is 0. The Morgan fingerprint density at radius 1 is 0.370 bits per heavy atom. The third-order valence-corrected chi connectivity index (χ3v) is 8.87. The van der Waals surface area contributed by atoms with E-state index in [2.05, 4.69) is 93.6 Å². The summed E-state index contributed by atoms with van der Waals surface area (Å²) < 4.78 is 18.8. The zero-order chi connectivity index (χ0) is 32.5. The van der Waals surface area contributed by atoms with Crippen LogP contribution in [-0.4, -0.2) is 26.5 Å². The van der Waals surface area contributed by atoms with Crippen molar-refractivity contribution >= 4 is 23.1 Å². The average molecular weight is 627 g/mol. The predicted octanol–water partition coefficient (Wildman–Crippen LogP) is 10.4. The maximum Gasteiger partial charge on any atom is 0.241 e. The molecule has 3 aromatic carbocycles. The van der Waals surface area contributed by atoms with Crippen molar-refractivity contribution < 1.29 is 14.2 Å². The van der Waals surface area contributed by atoms with Crippen LogP contribution in [0, 0.1) is 0 Å². The van der Waals surface area contributed by atoms with Crippen molar-refractivity contribution in [2.45, 2.75) is 136 Å². The summed E-state index contributed by atoms with van der Waals surface area (Å²) >= 11 is 0. The molecule has 0 spiro atoms. The Morgan fingerprint density at radius 3 is 0.957 bits per heavy atom. The fraction of sp³-hybridized carbons (Fsp3) is 0.571. The first-order valence-corrected chi connectivity index (χ1v) is 18.9. The highest BCUT2D eigenvalue weighted by Gasteiger charge is 2.23. The highest BCUT2D eigenvalue weighted by Crippen LogP contribution is 2.16. The Kier molecular flexibility index (Phi) is 19.9. The number of benzene rings is 3. The molecular formula is C42H63BO3. The van der Waals surface area contributed by atoms with Crippen LogP contribution in [0.15, 0.2) is 72.8 Å². The molecule has 0 fully saturated rings. The van der Waals surface area contributed by atoms with Crippen LogP contribution in [0.5, 0.6) is 17.2 Å². The van der Waals surface area contributed by atoms with Crippen LogP contribution < -0.4 is 30.6 Å². The second-order valence-corrected chi connectivity index (χ2v) is 13.0. The molecule has 3 rings (SSSR count). The van der Waals surface area contributed by atoms with Gasteiger partial charge in [-0.3, -0.25) is 0 Å². The Labute approximate surface area is 282 Å². The van der Waals surface area contributed by atoms with Crippen LogP contribution in [-0.2, 0) is 0 Å². The molecular weight excluding hydrogens is 563 g/mol. The number of rotatable bonds is 27. The van der Waals surface area contributed by atoms with Gasteiger partial charge in [0.05, 0.1) is 19.8 Å². The van der Waals surface area contributed by atoms with Gasteiger partial charge in [-0.2, -0.15) is 0 Å². The largest absolute Gasteiger partial charge is 0.494 e. The van der Waals surface area contributed by atoms with Gasteiger partial charge in [-0.1, -0.05) is 170 Å². The Balaban J connectivity index is 1.72. The van der Waals surface area contributed by atoms with Gasteiger partial charge in [0.2, 0.25) is 6.71 Å². The van der Waals surface area contributed by atoms with Crippen molar-refractivity contribution in [3.05, 3.63) is 72.8 Å². The zero-order valence-electron chi connectivity index (χ0n) is 29.6. The molecule has 0 saturated heterocycles. The monoisotopic (exact) mass is 626 g/mol. The van der Waals surface area contributed by atoms with Crippen molar-refractivity contribution in [2.75, 3.05) is 19.8 Å². The minimum atomic E-state index is 0.0489. The lowest BCUT2D eigenvalue weighted by Crippen LogP contribution is -2.52. The Morgan fingerprint density at radius 2 is 0.652 bits per heavy atom. The molecule has 0 atom stereocenters. The summed E-state index contributed by atoms with van der Waals surface area (Å²) in [6.45, 7) is 9.15. The lowest BCUT2D eigenvalue weighted by Gasteiger charge is -2.19. The summed E-state index contributed by atoms with van der Waals surface area (Å²) in [7, 11) is 0. The van der Waals surface area contributed by atoms with Gasteiger partial charge in [-0.25, -0.2) is 0 Å². The smallest absolute Gasteiger partial charge is 0.241 e. The van der Waals surface area contributed by atoms with Gasteiger partial charge in [0.1, 0.15) is 17.2 Å². The van der Waals surface area contributed by atoms with Crippen LogP contribution in [0.4, 0.5) is 0 Å². The van der Waals surface area contributed by atoms with E-state index >= 15 is 0 Å². The van der Waals surface area contributed by atoms with Crippen LogP contribution >= 0.6 is 0 Å². The zero-order valence-corrected chi connectivity index (χ0v) is 29.6. The van der Waals surface area contributed by atoms with Crippen molar-refractivity contribution in [1.82, 2.24) is 0 Å². The summed E-state index contributed by atoms with van der Waals surface area (Å²) in [6.07, 6.45) is 22.8. The van der Waals surface area contributed by atoms with Crippen molar-refractivity contribution in [2.24, 2.45) is 0 Å². The first-order chi connectivity index (χ1) is 22.7. The van der Waals surface area contributed by atoms with Crippen LogP contribution in [0.2, 0.25) is 0 Å². The van der Waals surface area contributed by atoms with Crippen LogP contribution in [0.1, 0.15) is 136 Å². The summed E-state index contributed by atoms with van der Waals surface area (Å²) in [5.41, 5.74) is 3.67.